The SMILES string of the molecule is CCCOc1ccc(/C(O)=C2/C(=O)C(=O)N(CCOC)C2c2ccc(F)cc2)cc1C. The van der Waals surface area contributed by atoms with Gasteiger partial charge < -0.3 is 19.5 Å². The van der Waals surface area contributed by atoms with Crippen LogP contribution in [0.4, 0.5) is 4.39 Å². The average molecular weight is 427 g/mol. The molecule has 164 valence electrons. The standard InChI is InChI=1S/C24H26FNO5/c1-4-12-31-19-10-7-17(14-15(19)2)22(27)20-21(16-5-8-18(25)9-6-16)26(11-13-30-3)24(29)23(20)28/h5-10,14,21,27H,4,11-13H2,1-3H3/b22-20-. The molecule has 1 N–H and O–H groups in total. The number of hydrogen-bond acceptors (Lipinski definition) is 5. The summed E-state index contributed by atoms with van der Waals surface area (Å²) in [6.45, 7) is 4.79. The van der Waals surface area contributed by atoms with Crippen molar-refractivity contribution in [1.29, 1.82) is 0 Å². The van der Waals surface area contributed by atoms with Crippen molar-refractivity contribution >= 4 is 17.4 Å². The Bertz CT molecular complexity index is 1000. The molecule has 1 saturated heterocycles. The van der Waals surface area contributed by atoms with E-state index in [-0.39, 0.29) is 24.5 Å². The van der Waals surface area contributed by atoms with Gasteiger partial charge in [0.25, 0.3) is 11.7 Å². The number of halogens is 1. The lowest BCUT2D eigenvalue weighted by molar-refractivity contribution is -0.140. The topological polar surface area (TPSA) is 76.1 Å². The molecule has 1 atom stereocenters. The number of likely N-dealkylation sites (tertiary alicyclic amines) is 1. The number of carbonyl (C=O) groups excluding carboxylic acids is 2. The van der Waals surface area contributed by atoms with E-state index in [2.05, 4.69) is 0 Å². The Hall–Kier alpha value is -3.19. The average Bonchev–Trinajstić information content (AvgIpc) is 3.01. The Balaban J connectivity index is 2.09. The smallest absolute Gasteiger partial charge is 0.295 e. The number of methoxy groups -OCH3 is 1. The van der Waals surface area contributed by atoms with E-state index >= 15 is 0 Å². The first-order valence-electron chi connectivity index (χ1n) is 10.2. The predicted molar refractivity (Wildman–Crippen MR) is 114 cm³/mol. The number of ether oxygens (including phenoxy) is 2. The van der Waals surface area contributed by atoms with Crippen LogP contribution in [0.5, 0.6) is 5.75 Å². The van der Waals surface area contributed by atoms with Crippen LogP contribution in [0.1, 0.15) is 36.1 Å². The molecule has 31 heavy (non-hydrogen) atoms. The summed E-state index contributed by atoms with van der Waals surface area (Å²) in [5.74, 6) is -1.54. The Morgan fingerprint density at radius 3 is 2.45 bits per heavy atom. The van der Waals surface area contributed by atoms with Gasteiger partial charge in [0.05, 0.1) is 24.8 Å². The summed E-state index contributed by atoms with van der Waals surface area (Å²) < 4.78 is 24.2. The minimum absolute atomic E-state index is 0.0330. The number of carbonyl (C=O) groups is 2. The van der Waals surface area contributed by atoms with Gasteiger partial charge in [-0.25, -0.2) is 4.39 Å². The lowest BCUT2D eigenvalue weighted by Gasteiger charge is -2.25. The number of rotatable bonds is 8. The molecule has 2 aromatic carbocycles. The first-order chi connectivity index (χ1) is 14.9. The summed E-state index contributed by atoms with van der Waals surface area (Å²) >= 11 is 0. The number of Topliss-reactive ketones (excluding diaryl/α,β-unsaturated/α-hetero) is 1. The minimum atomic E-state index is -0.841. The Morgan fingerprint density at radius 2 is 1.84 bits per heavy atom. The molecule has 1 aliphatic rings. The van der Waals surface area contributed by atoms with E-state index < -0.39 is 23.5 Å². The highest BCUT2D eigenvalue weighted by molar-refractivity contribution is 6.46. The highest BCUT2D eigenvalue weighted by atomic mass is 19.1. The molecule has 0 radical (unpaired) electrons. The van der Waals surface area contributed by atoms with Crippen LogP contribution in [0.15, 0.2) is 48.0 Å². The fraction of sp³-hybridized carbons (Fsp3) is 0.333. The summed E-state index contributed by atoms with van der Waals surface area (Å²) in [5.41, 5.74) is 1.69. The van der Waals surface area contributed by atoms with E-state index in [0.29, 0.717) is 23.5 Å². The van der Waals surface area contributed by atoms with E-state index in [1.165, 1.54) is 36.3 Å². The zero-order valence-corrected chi connectivity index (χ0v) is 17.9. The largest absolute Gasteiger partial charge is 0.507 e. The second-order valence-corrected chi connectivity index (χ2v) is 7.37. The molecule has 0 aliphatic carbocycles. The molecule has 6 nitrogen and oxygen atoms in total. The molecule has 0 bridgehead atoms. The molecule has 1 fully saturated rings. The van der Waals surface area contributed by atoms with Gasteiger partial charge in [-0.1, -0.05) is 19.1 Å². The lowest BCUT2D eigenvalue weighted by Crippen LogP contribution is -2.32. The number of aliphatic hydroxyl groups is 1. The van der Waals surface area contributed by atoms with Gasteiger partial charge in [-0.05, 0) is 54.8 Å². The first-order valence-corrected chi connectivity index (χ1v) is 10.2. The molecule has 1 heterocycles. The van der Waals surface area contributed by atoms with E-state index in [1.807, 2.05) is 13.8 Å². The normalized spacial score (nSPS) is 17.9. The minimum Gasteiger partial charge on any atom is -0.507 e. The van der Waals surface area contributed by atoms with Crippen LogP contribution in [0.2, 0.25) is 0 Å². The third-order valence-electron chi connectivity index (χ3n) is 5.17. The molecule has 3 rings (SSSR count). The number of aryl methyl sites for hydroxylation is 1. The summed E-state index contributed by atoms with van der Waals surface area (Å²) in [6.07, 6.45) is 0.865. The monoisotopic (exact) mass is 427 g/mol. The highest BCUT2D eigenvalue weighted by Gasteiger charge is 2.45. The molecule has 0 saturated carbocycles. The van der Waals surface area contributed by atoms with Crippen molar-refractivity contribution in [2.24, 2.45) is 0 Å². The van der Waals surface area contributed by atoms with Crippen molar-refractivity contribution in [3.8, 4) is 5.75 Å². The molecule has 7 heteroatoms. The van der Waals surface area contributed by atoms with Gasteiger partial charge in [0.15, 0.2) is 0 Å². The predicted octanol–water partition coefficient (Wildman–Crippen LogP) is 3.99. The van der Waals surface area contributed by atoms with Gasteiger partial charge >= 0.3 is 0 Å². The lowest BCUT2D eigenvalue weighted by atomic mass is 9.94. The van der Waals surface area contributed by atoms with Crippen LogP contribution in [-0.4, -0.2) is 48.6 Å². The molecular formula is C24H26FNO5. The quantitative estimate of drug-likeness (QED) is 0.392. The van der Waals surface area contributed by atoms with Crippen molar-refractivity contribution < 1.29 is 28.6 Å². The maximum Gasteiger partial charge on any atom is 0.295 e. The Morgan fingerprint density at radius 1 is 1.13 bits per heavy atom. The third-order valence-corrected chi connectivity index (χ3v) is 5.17. The number of aliphatic hydroxyl groups excluding tert-OH is 1. The second-order valence-electron chi connectivity index (χ2n) is 7.37. The van der Waals surface area contributed by atoms with Crippen LogP contribution in [0.25, 0.3) is 5.76 Å². The third kappa shape index (κ3) is 4.61. The molecule has 1 amide bonds. The molecule has 0 aromatic heterocycles. The first kappa shape index (κ1) is 22.5. The summed E-state index contributed by atoms with van der Waals surface area (Å²) in [4.78, 5) is 27.0. The van der Waals surface area contributed by atoms with Crippen LogP contribution in [0, 0.1) is 12.7 Å². The van der Waals surface area contributed by atoms with Crippen LogP contribution < -0.4 is 4.74 Å². The van der Waals surface area contributed by atoms with Crippen molar-refractivity contribution in [2.45, 2.75) is 26.3 Å². The number of amides is 1. The van der Waals surface area contributed by atoms with E-state index in [0.717, 1.165) is 12.0 Å². The zero-order chi connectivity index (χ0) is 22.5. The summed E-state index contributed by atoms with van der Waals surface area (Å²) in [6, 6.07) is 9.78. The van der Waals surface area contributed by atoms with Gasteiger partial charge in [0.2, 0.25) is 0 Å². The molecular weight excluding hydrogens is 401 g/mol. The molecule has 1 unspecified atom stereocenters. The van der Waals surface area contributed by atoms with Crippen LogP contribution >= 0.6 is 0 Å². The van der Waals surface area contributed by atoms with E-state index in [9.17, 15) is 19.1 Å². The van der Waals surface area contributed by atoms with Crippen LogP contribution in [0.3, 0.4) is 0 Å². The Kier molecular flexibility index (Phi) is 7.07. The van der Waals surface area contributed by atoms with Gasteiger partial charge in [-0.15, -0.1) is 0 Å². The number of nitrogens with zero attached hydrogens (tertiary/aromatic N) is 1. The van der Waals surface area contributed by atoms with Gasteiger partial charge in [0, 0.05) is 19.2 Å². The maximum atomic E-state index is 13.5. The fourth-order valence-corrected chi connectivity index (χ4v) is 3.62. The number of benzene rings is 2. The number of ketones is 1. The van der Waals surface area contributed by atoms with Gasteiger partial charge in [-0.2, -0.15) is 0 Å². The summed E-state index contributed by atoms with van der Waals surface area (Å²) in [5, 5.41) is 11.1. The molecule has 0 spiro atoms. The summed E-state index contributed by atoms with van der Waals surface area (Å²) in [7, 11) is 1.49. The van der Waals surface area contributed by atoms with E-state index in [1.54, 1.807) is 18.2 Å². The van der Waals surface area contributed by atoms with Crippen molar-refractivity contribution in [3.63, 3.8) is 0 Å². The van der Waals surface area contributed by atoms with Crippen molar-refractivity contribution in [1.82, 2.24) is 4.90 Å². The number of hydrogen-bond donors (Lipinski definition) is 1. The van der Waals surface area contributed by atoms with Crippen LogP contribution in [-0.2, 0) is 14.3 Å². The van der Waals surface area contributed by atoms with Crippen molar-refractivity contribution in [2.75, 3.05) is 26.9 Å². The second kappa shape index (κ2) is 9.75. The maximum absolute atomic E-state index is 13.5. The highest BCUT2D eigenvalue weighted by Crippen LogP contribution is 2.39. The molecule has 2 aromatic rings. The Labute approximate surface area is 180 Å². The molecule has 1 aliphatic heterocycles. The van der Waals surface area contributed by atoms with Gasteiger partial charge in [-0.3, -0.25) is 9.59 Å². The fourth-order valence-electron chi connectivity index (χ4n) is 3.62. The van der Waals surface area contributed by atoms with Crippen molar-refractivity contribution in [3.05, 3.63) is 70.5 Å². The zero-order valence-electron chi connectivity index (χ0n) is 17.9. The van der Waals surface area contributed by atoms with Gasteiger partial charge in [0.1, 0.15) is 17.3 Å². The van der Waals surface area contributed by atoms with E-state index in [4.69, 9.17) is 9.47 Å².